The summed E-state index contributed by atoms with van der Waals surface area (Å²) in [5, 5.41) is 6.08. The van der Waals surface area contributed by atoms with Crippen LogP contribution in [0.15, 0.2) is 12.1 Å². The highest BCUT2D eigenvalue weighted by molar-refractivity contribution is 5.98. The number of amides is 2. The minimum absolute atomic E-state index is 0.0193. The van der Waals surface area contributed by atoms with Crippen LogP contribution in [-0.4, -0.2) is 50.2 Å². The Hall–Kier alpha value is -2.84. The van der Waals surface area contributed by atoms with E-state index in [4.69, 9.17) is 14.2 Å². The number of hydrogen-bond donors (Lipinski definition) is 2. The van der Waals surface area contributed by atoms with Gasteiger partial charge in [0.05, 0.1) is 37.2 Å². The van der Waals surface area contributed by atoms with Gasteiger partial charge in [0.15, 0.2) is 11.6 Å². The van der Waals surface area contributed by atoms with Crippen molar-refractivity contribution in [3.63, 3.8) is 0 Å². The molecule has 2 N–H and O–H groups in total. The van der Waals surface area contributed by atoms with Crippen molar-refractivity contribution in [3.8, 4) is 11.5 Å². The molecule has 3 rings (SSSR count). The standard InChI is InChI=1S/C29H43FN2O6/c1-17(28(2,3)4)31-25(33)19-9-8-10-22(19)32-26(34)20-15-24(21(30)16-23(20)36-6)38-18-11-13-29(5,14-12-18)27(35)37-7/h15-19,22H,8-14H2,1-7H3,(H,31,33)(H,32,34)/t17-,18-,19-,22+,29+/m0/s1. The second kappa shape index (κ2) is 11.9. The lowest BCUT2D eigenvalue weighted by molar-refractivity contribution is -0.154. The summed E-state index contributed by atoms with van der Waals surface area (Å²) in [6, 6.07) is 2.16. The fourth-order valence-corrected chi connectivity index (χ4v) is 5.18. The highest BCUT2D eigenvalue weighted by atomic mass is 19.1. The van der Waals surface area contributed by atoms with Crippen molar-refractivity contribution in [2.75, 3.05) is 14.2 Å². The Morgan fingerprint density at radius 1 is 1.05 bits per heavy atom. The summed E-state index contributed by atoms with van der Waals surface area (Å²) in [6.07, 6.45) is 4.15. The molecule has 2 fully saturated rings. The monoisotopic (exact) mass is 534 g/mol. The Kier molecular flexibility index (Phi) is 9.31. The molecular weight excluding hydrogens is 491 g/mol. The summed E-state index contributed by atoms with van der Waals surface area (Å²) < 4.78 is 31.1. The highest BCUT2D eigenvalue weighted by Crippen LogP contribution is 2.39. The minimum Gasteiger partial charge on any atom is -0.496 e. The van der Waals surface area contributed by atoms with E-state index in [1.165, 1.54) is 20.3 Å². The first-order chi connectivity index (χ1) is 17.8. The van der Waals surface area contributed by atoms with Crippen LogP contribution in [0.3, 0.4) is 0 Å². The van der Waals surface area contributed by atoms with Gasteiger partial charge in [-0.2, -0.15) is 0 Å². The maximum atomic E-state index is 14.9. The normalized spacial score (nSPS) is 26.3. The SMILES string of the molecule is COc1cc(F)c(O[C@H]2CC[C@@](C)(C(=O)OC)CC2)cc1C(=O)N[C@@H]1CCC[C@@H]1C(=O)N[C@@H](C)C(C)(C)C. The number of rotatable bonds is 8. The van der Waals surface area contributed by atoms with Crippen LogP contribution in [0.5, 0.6) is 11.5 Å². The molecule has 0 radical (unpaired) electrons. The molecule has 0 aromatic heterocycles. The number of carbonyl (C=O) groups is 3. The lowest BCUT2D eigenvalue weighted by Crippen LogP contribution is -2.49. The molecule has 0 heterocycles. The maximum Gasteiger partial charge on any atom is 0.311 e. The smallest absolute Gasteiger partial charge is 0.311 e. The Labute approximate surface area is 225 Å². The molecule has 38 heavy (non-hydrogen) atoms. The van der Waals surface area contributed by atoms with Crippen molar-refractivity contribution >= 4 is 17.8 Å². The number of esters is 1. The van der Waals surface area contributed by atoms with Crippen LogP contribution in [0.1, 0.15) is 89.9 Å². The van der Waals surface area contributed by atoms with E-state index >= 15 is 0 Å². The van der Waals surface area contributed by atoms with E-state index in [2.05, 4.69) is 31.4 Å². The van der Waals surface area contributed by atoms with Crippen molar-refractivity contribution in [1.29, 1.82) is 0 Å². The van der Waals surface area contributed by atoms with E-state index in [0.29, 0.717) is 38.5 Å². The number of methoxy groups -OCH3 is 2. The first-order valence-corrected chi connectivity index (χ1v) is 13.5. The molecule has 0 aliphatic heterocycles. The van der Waals surface area contributed by atoms with Crippen LogP contribution >= 0.6 is 0 Å². The molecule has 212 valence electrons. The Bertz CT molecular complexity index is 1030. The Morgan fingerprint density at radius 3 is 2.29 bits per heavy atom. The summed E-state index contributed by atoms with van der Waals surface area (Å²) in [7, 11) is 2.75. The van der Waals surface area contributed by atoms with Gasteiger partial charge in [-0.25, -0.2) is 4.39 Å². The molecule has 0 spiro atoms. The van der Waals surface area contributed by atoms with E-state index in [9.17, 15) is 18.8 Å². The number of ether oxygens (including phenoxy) is 3. The maximum absolute atomic E-state index is 14.9. The van der Waals surface area contributed by atoms with Gasteiger partial charge < -0.3 is 24.8 Å². The average Bonchev–Trinajstić information content (AvgIpc) is 3.33. The molecule has 1 aromatic rings. The molecule has 0 bridgehead atoms. The molecule has 2 saturated carbocycles. The average molecular weight is 535 g/mol. The molecule has 0 saturated heterocycles. The second-order valence-electron chi connectivity index (χ2n) is 12.1. The number of hydrogen-bond acceptors (Lipinski definition) is 6. The van der Waals surface area contributed by atoms with Crippen LogP contribution in [0, 0.1) is 22.6 Å². The molecule has 2 aliphatic rings. The zero-order valence-corrected chi connectivity index (χ0v) is 23.7. The largest absolute Gasteiger partial charge is 0.496 e. The summed E-state index contributed by atoms with van der Waals surface area (Å²) in [6.45, 7) is 10.0. The van der Waals surface area contributed by atoms with Gasteiger partial charge >= 0.3 is 5.97 Å². The number of halogens is 1. The van der Waals surface area contributed by atoms with E-state index in [0.717, 1.165) is 12.5 Å². The lowest BCUT2D eigenvalue weighted by Gasteiger charge is -2.35. The highest BCUT2D eigenvalue weighted by Gasteiger charge is 2.40. The Balaban J connectivity index is 1.71. The van der Waals surface area contributed by atoms with Gasteiger partial charge in [0.2, 0.25) is 5.91 Å². The molecule has 9 heteroatoms. The van der Waals surface area contributed by atoms with Crippen molar-refractivity contribution in [2.45, 2.75) is 97.8 Å². The summed E-state index contributed by atoms with van der Waals surface area (Å²) in [4.78, 5) is 38.4. The first-order valence-electron chi connectivity index (χ1n) is 13.5. The van der Waals surface area contributed by atoms with Crippen LogP contribution in [0.25, 0.3) is 0 Å². The molecule has 2 amide bonds. The predicted octanol–water partition coefficient (Wildman–Crippen LogP) is 4.78. The second-order valence-corrected chi connectivity index (χ2v) is 12.1. The van der Waals surface area contributed by atoms with Gasteiger partial charge in [-0.15, -0.1) is 0 Å². The van der Waals surface area contributed by atoms with Gasteiger partial charge in [0.25, 0.3) is 5.91 Å². The molecule has 1 aromatic carbocycles. The number of nitrogens with one attached hydrogen (secondary N) is 2. The van der Waals surface area contributed by atoms with Crippen molar-refractivity contribution in [2.24, 2.45) is 16.7 Å². The van der Waals surface area contributed by atoms with E-state index in [-0.39, 0.29) is 58.5 Å². The van der Waals surface area contributed by atoms with Gasteiger partial charge in [0.1, 0.15) is 5.75 Å². The minimum atomic E-state index is -0.631. The number of carbonyl (C=O) groups excluding carboxylic acids is 3. The molecule has 8 nitrogen and oxygen atoms in total. The number of benzene rings is 1. The summed E-state index contributed by atoms with van der Waals surface area (Å²) in [5.74, 6) is -1.68. The molecule has 0 unspecified atom stereocenters. The van der Waals surface area contributed by atoms with Gasteiger partial charge in [-0.1, -0.05) is 27.2 Å². The fourth-order valence-electron chi connectivity index (χ4n) is 5.18. The zero-order chi connectivity index (χ0) is 28.3. The predicted molar refractivity (Wildman–Crippen MR) is 142 cm³/mol. The Morgan fingerprint density at radius 2 is 1.71 bits per heavy atom. The van der Waals surface area contributed by atoms with Crippen LogP contribution in [0.4, 0.5) is 4.39 Å². The van der Waals surface area contributed by atoms with E-state index in [1.54, 1.807) is 0 Å². The van der Waals surface area contributed by atoms with Crippen molar-refractivity contribution < 1.29 is 33.0 Å². The van der Waals surface area contributed by atoms with Gasteiger partial charge in [0, 0.05) is 18.2 Å². The molecule has 3 atom stereocenters. The summed E-state index contributed by atoms with van der Waals surface area (Å²) in [5.41, 5.74) is -0.512. The third-order valence-corrected chi connectivity index (χ3v) is 8.33. The fraction of sp³-hybridized carbons (Fsp3) is 0.690. The van der Waals surface area contributed by atoms with Crippen LogP contribution in [0.2, 0.25) is 0 Å². The van der Waals surface area contributed by atoms with E-state index in [1.807, 2.05) is 13.8 Å². The van der Waals surface area contributed by atoms with E-state index < -0.39 is 17.1 Å². The van der Waals surface area contributed by atoms with Crippen LogP contribution in [-0.2, 0) is 14.3 Å². The zero-order valence-electron chi connectivity index (χ0n) is 23.7. The van der Waals surface area contributed by atoms with Gasteiger partial charge in [-0.05, 0) is 63.9 Å². The lowest BCUT2D eigenvalue weighted by atomic mass is 9.75. The molecular formula is C29H43FN2O6. The molecule has 2 aliphatic carbocycles. The van der Waals surface area contributed by atoms with Crippen LogP contribution < -0.4 is 20.1 Å². The van der Waals surface area contributed by atoms with Gasteiger partial charge in [-0.3, -0.25) is 14.4 Å². The third-order valence-electron chi connectivity index (χ3n) is 8.33. The topological polar surface area (TPSA) is 103 Å². The van der Waals surface area contributed by atoms with Crippen molar-refractivity contribution in [1.82, 2.24) is 10.6 Å². The summed E-state index contributed by atoms with van der Waals surface area (Å²) >= 11 is 0. The first kappa shape index (κ1) is 29.7. The quantitative estimate of drug-likeness (QED) is 0.465. The van der Waals surface area contributed by atoms with Crippen molar-refractivity contribution in [3.05, 3.63) is 23.5 Å². The third kappa shape index (κ3) is 6.77.